The summed E-state index contributed by atoms with van der Waals surface area (Å²) in [4.78, 5) is 20.3. The lowest BCUT2D eigenvalue weighted by atomic mass is 10.2. The first-order chi connectivity index (χ1) is 11.7. The van der Waals surface area contributed by atoms with Gasteiger partial charge < -0.3 is 18.6 Å². The summed E-state index contributed by atoms with van der Waals surface area (Å²) in [6, 6.07) is 5.23. The van der Waals surface area contributed by atoms with Crippen LogP contribution in [0.2, 0.25) is 5.22 Å². The van der Waals surface area contributed by atoms with Crippen molar-refractivity contribution in [2.75, 3.05) is 31.1 Å². The molecule has 1 aliphatic carbocycles. The van der Waals surface area contributed by atoms with Crippen molar-refractivity contribution in [1.82, 2.24) is 9.88 Å². The SMILES string of the molecule is N#Cc1nc(C2CC2)oc1N1CCN(C(=O)c2ccc(Cl)o2)CC1. The third kappa shape index (κ3) is 2.74. The van der Waals surface area contributed by atoms with E-state index in [2.05, 4.69) is 11.1 Å². The minimum Gasteiger partial charge on any atom is -0.440 e. The summed E-state index contributed by atoms with van der Waals surface area (Å²) in [5.41, 5.74) is 0.328. The lowest BCUT2D eigenvalue weighted by molar-refractivity contribution is 0.0713. The molecule has 0 atom stereocenters. The molecule has 4 rings (SSSR count). The van der Waals surface area contributed by atoms with Crippen LogP contribution in [0.5, 0.6) is 0 Å². The van der Waals surface area contributed by atoms with Gasteiger partial charge in [0.25, 0.3) is 5.91 Å². The number of hydrogen-bond donors (Lipinski definition) is 0. The topological polar surface area (TPSA) is 86.5 Å². The van der Waals surface area contributed by atoms with Crippen molar-refractivity contribution in [1.29, 1.82) is 5.26 Å². The zero-order valence-corrected chi connectivity index (χ0v) is 13.6. The summed E-state index contributed by atoms with van der Waals surface area (Å²) in [5.74, 6) is 1.59. The second-order valence-corrected chi connectivity index (χ2v) is 6.35. The monoisotopic (exact) mass is 346 g/mol. The molecular weight excluding hydrogens is 332 g/mol. The van der Waals surface area contributed by atoms with Crippen LogP contribution < -0.4 is 4.90 Å². The molecule has 8 heteroatoms. The highest BCUT2D eigenvalue weighted by Crippen LogP contribution is 2.41. The Morgan fingerprint density at radius 1 is 1.25 bits per heavy atom. The van der Waals surface area contributed by atoms with Crippen LogP contribution in [-0.2, 0) is 0 Å². The Labute approximate surface area is 143 Å². The van der Waals surface area contributed by atoms with Crippen molar-refractivity contribution in [2.45, 2.75) is 18.8 Å². The van der Waals surface area contributed by atoms with Crippen molar-refractivity contribution < 1.29 is 13.6 Å². The zero-order chi connectivity index (χ0) is 16.7. The number of carbonyl (C=O) groups excluding carboxylic acids is 1. The number of nitrogens with zero attached hydrogens (tertiary/aromatic N) is 4. The van der Waals surface area contributed by atoms with E-state index in [1.807, 2.05) is 4.90 Å². The van der Waals surface area contributed by atoms with Crippen molar-refractivity contribution in [2.24, 2.45) is 0 Å². The normalized spacial score (nSPS) is 17.8. The fraction of sp³-hybridized carbons (Fsp3) is 0.438. The molecule has 0 radical (unpaired) electrons. The summed E-state index contributed by atoms with van der Waals surface area (Å²) < 4.78 is 11.0. The molecule has 2 aliphatic rings. The van der Waals surface area contributed by atoms with E-state index in [9.17, 15) is 10.1 Å². The first-order valence-electron chi connectivity index (χ1n) is 7.86. The molecule has 0 spiro atoms. The molecule has 1 amide bonds. The number of oxazole rings is 1. The highest BCUT2D eigenvalue weighted by atomic mass is 35.5. The van der Waals surface area contributed by atoms with Gasteiger partial charge in [0, 0.05) is 32.1 Å². The number of anilines is 1. The Morgan fingerprint density at radius 2 is 2.00 bits per heavy atom. The standard InChI is InChI=1S/C16H15ClN4O3/c17-13-4-3-12(23-13)15(22)20-5-7-21(8-6-20)16-11(9-18)19-14(24-16)10-1-2-10/h3-4,10H,1-2,5-8H2. The number of halogens is 1. The van der Waals surface area contributed by atoms with Crippen LogP contribution in [0.15, 0.2) is 21.0 Å². The van der Waals surface area contributed by atoms with Gasteiger partial charge in [-0.25, -0.2) is 4.98 Å². The van der Waals surface area contributed by atoms with Crippen molar-refractivity contribution in [3.05, 3.63) is 34.7 Å². The minimum absolute atomic E-state index is 0.182. The van der Waals surface area contributed by atoms with Gasteiger partial charge in [-0.15, -0.1) is 0 Å². The van der Waals surface area contributed by atoms with E-state index in [1.54, 1.807) is 17.0 Å². The predicted molar refractivity (Wildman–Crippen MR) is 85.0 cm³/mol. The quantitative estimate of drug-likeness (QED) is 0.849. The van der Waals surface area contributed by atoms with E-state index >= 15 is 0 Å². The van der Waals surface area contributed by atoms with E-state index in [4.69, 9.17) is 20.4 Å². The maximum absolute atomic E-state index is 12.3. The molecule has 124 valence electrons. The molecule has 2 fully saturated rings. The van der Waals surface area contributed by atoms with Gasteiger partial charge in [0.05, 0.1) is 0 Å². The highest BCUT2D eigenvalue weighted by Gasteiger charge is 2.33. The largest absolute Gasteiger partial charge is 0.440 e. The Hall–Kier alpha value is -2.46. The number of hydrogen-bond acceptors (Lipinski definition) is 6. The highest BCUT2D eigenvalue weighted by molar-refractivity contribution is 6.29. The fourth-order valence-corrected chi connectivity index (χ4v) is 2.96. The van der Waals surface area contributed by atoms with Gasteiger partial charge in [0.2, 0.25) is 17.5 Å². The van der Waals surface area contributed by atoms with Crippen LogP contribution in [0, 0.1) is 11.3 Å². The van der Waals surface area contributed by atoms with Gasteiger partial charge in [-0.2, -0.15) is 5.26 Å². The molecule has 0 bridgehead atoms. The van der Waals surface area contributed by atoms with Gasteiger partial charge in [-0.05, 0) is 36.6 Å². The molecule has 2 aromatic rings. The molecule has 0 aromatic carbocycles. The minimum atomic E-state index is -0.182. The summed E-state index contributed by atoms with van der Waals surface area (Å²) in [6.07, 6.45) is 2.14. The maximum atomic E-state index is 12.3. The molecule has 1 saturated carbocycles. The molecule has 2 aromatic heterocycles. The first kappa shape index (κ1) is 15.1. The van der Waals surface area contributed by atoms with Crippen molar-refractivity contribution >= 4 is 23.4 Å². The summed E-state index contributed by atoms with van der Waals surface area (Å²) >= 11 is 5.72. The lowest BCUT2D eigenvalue weighted by Gasteiger charge is -2.34. The molecular formula is C16H15ClN4O3. The average Bonchev–Trinajstić information content (AvgIpc) is 3.22. The Kier molecular flexibility index (Phi) is 3.69. The lowest BCUT2D eigenvalue weighted by Crippen LogP contribution is -2.48. The number of aromatic nitrogens is 1. The Balaban J connectivity index is 1.44. The van der Waals surface area contributed by atoms with Crippen molar-refractivity contribution in [3.63, 3.8) is 0 Å². The van der Waals surface area contributed by atoms with E-state index in [0.717, 1.165) is 12.8 Å². The second kappa shape index (κ2) is 5.87. The molecule has 1 saturated heterocycles. The number of furan rings is 1. The van der Waals surface area contributed by atoms with Gasteiger partial charge in [0.15, 0.2) is 11.0 Å². The van der Waals surface area contributed by atoms with E-state index in [0.29, 0.717) is 49.6 Å². The zero-order valence-electron chi connectivity index (χ0n) is 12.9. The Morgan fingerprint density at radius 3 is 2.58 bits per heavy atom. The van der Waals surface area contributed by atoms with Gasteiger partial charge >= 0.3 is 0 Å². The number of nitriles is 1. The third-order valence-corrected chi connectivity index (χ3v) is 4.50. The number of carbonyl (C=O) groups is 1. The molecule has 1 aliphatic heterocycles. The van der Waals surface area contributed by atoms with E-state index in [-0.39, 0.29) is 16.9 Å². The molecule has 7 nitrogen and oxygen atoms in total. The van der Waals surface area contributed by atoms with Gasteiger partial charge in [0.1, 0.15) is 6.07 Å². The van der Waals surface area contributed by atoms with Crippen molar-refractivity contribution in [3.8, 4) is 6.07 Å². The summed E-state index contributed by atoms with van der Waals surface area (Å²) in [6.45, 7) is 2.19. The summed E-state index contributed by atoms with van der Waals surface area (Å²) in [5, 5.41) is 9.47. The molecule has 3 heterocycles. The number of piperazine rings is 1. The number of amides is 1. The molecule has 0 unspecified atom stereocenters. The van der Waals surface area contributed by atoms with Crippen LogP contribution in [0.1, 0.15) is 40.9 Å². The average molecular weight is 347 g/mol. The molecule has 0 N–H and O–H groups in total. The predicted octanol–water partition coefficient (Wildman–Crippen LogP) is 2.63. The summed E-state index contributed by atoms with van der Waals surface area (Å²) in [7, 11) is 0. The van der Waals surface area contributed by atoms with Gasteiger partial charge in [-0.1, -0.05) is 0 Å². The van der Waals surface area contributed by atoms with E-state index < -0.39 is 0 Å². The van der Waals surface area contributed by atoms with Crippen LogP contribution in [0.3, 0.4) is 0 Å². The third-order valence-electron chi connectivity index (χ3n) is 4.30. The first-order valence-corrected chi connectivity index (χ1v) is 8.24. The van der Waals surface area contributed by atoms with Crippen LogP contribution in [-0.4, -0.2) is 42.0 Å². The smallest absolute Gasteiger partial charge is 0.289 e. The van der Waals surface area contributed by atoms with Crippen LogP contribution in [0.4, 0.5) is 5.88 Å². The van der Waals surface area contributed by atoms with Gasteiger partial charge in [-0.3, -0.25) is 4.79 Å². The maximum Gasteiger partial charge on any atom is 0.289 e. The van der Waals surface area contributed by atoms with Crippen LogP contribution >= 0.6 is 11.6 Å². The molecule has 24 heavy (non-hydrogen) atoms. The van der Waals surface area contributed by atoms with E-state index in [1.165, 1.54) is 0 Å². The second-order valence-electron chi connectivity index (χ2n) is 5.97. The fourth-order valence-electron chi connectivity index (χ4n) is 2.82. The number of rotatable bonds is 3. The Bertz CT molecular complexity index is 810. The van der Waals surface area contributed by atoms with Crippen LogP contribution in [0.25, 0.3) is 0 Å².